The molecule has 33 heavy (non-hydrogen) atoms. The van der Waals surface area contributed by atoms with E-state index in [1.165, 1.54) is 13.3 Å². The third-order valence-electron chi connectivity index (χ3n) is 5.50. The minimum atomic E-state index is -0.115. The summed E-state index contributed by atoms with van der Waals surface area (Å²) < 4.78 is 0. The van der Waals surface area contributed by atoms with Crippen LogP contribution in [0.4, 0.5) is 23.3 Å². The standard InChI is InChI=1S/C23H25Cl2N7O/c1-15-20(28-16(2)33)4-3-5-21(15)29-22-26-14-27-23(30-22)32-10-8-31(9-11-32)13-17-6-7-18(24)19(25)12-17/h3-7,12,14H,8-11,13H2,1-2H3,(H,28,33)(H,26,27,29,30). The average molecular weight is 486 g/mol. The molecule has 3 aromatic rings. The van der Waals surface area contributed by atoms with Gasteiger partial charge in [-0.15, -0.1) is 0 Å². The number of anilines is 4. The first-order valence-corrected chi connectivity index (χ1v) is 11.4. The van der Waals surface area contributed by atoms with Crippen LogP contribution in [-0.2, 0) is 11.3 Å². The zero-order valence-electron chi connectivity index (χ0n) is 18.5. The van der Waals surface area contributed by atoms with Crippen molar-refractivity contribution in [3.63, 3.8) is 0 Å². The number of amides is 1. The molecule has 1 saturated heterocycles. The van der Waals surface area contributed by atoms with E-state index in [0.717, 1.165) is 55.2 Å². The van der Waals surface area contributed by atoms with Crippen LogP contribution in [-0.4, -0.2) is 51.9 Å². The summed E-state index contributed by atoms with van der Waals surface area (Å²) in [5.41, 5.74) is 3.62. The fourth-order valence-corrected chi connectivity index (χ4v) is 4.04. The second-order valence-corrected chi connectivity index (χ2v) is 8.72. The van der Waals surface area contributed by atoms with E-state index < -0.39 is 0 Å². The predicted molar refractivity (Wildman–Crippen MR) is 133 cm³/mol. The van der Waals surface area contributed by atoms with Crippen LogP contribution in [0, 0.1) is 6.92 Å². The zero-order chi connectivity index (χ0) is 23.4. The van der Waals surface area contributed by atoms with Gasteiger partial charge in [-0.1, -0.05) is 35.3 Å². The maximum Gasteiger partial charge on any atom is 0.232 e. The van der Waals surface area contributed by atoms with Gasteiger partial charge < -0.3 is 15.5 Å². The Morgan fingerprint density at radius 2 is 1.79 bits per heavy atom. The Bertz CT molecular complexity index is 1150. The van der Waals surface area contributed by atoms with Crippen LogP contribution in [0.2, 0.25) is 10.0 Å². The molecular formula is C23H25Cl2N7O. The predicted octanol–water partition coefficient (Wildman–Crippen LogP) is 4.51. The van der Waals surface area contributed by atoms with Crippen molar-refractivity contribution >= 4 is 52.4 Å². The minimum absolute atomic E-state index is 0.115. The van der Waals surface area contributed by atoms with Crippen molar-refractivity contribution in [2.75, 3.05) is 41.7 Å². The largest absolute Gasteiger partial charge is 0.338 e. The lowest BCUT2D eigenvalue weighted by Gasteiger charge is -2.34. The lowest BCUT2D eigenvalue weighted by Crippen LogP contribution is -2.46. The van der Waals surface area contributed by atoms with Gasteiger partial charge in [-0.2, -0.15) is 4.98 Å². The van der Waals surface area contributed by atoms with Crippen molar-refractivity contribution in [2.24, 2.45) is 0 Å². The smallest absolute Gasteiger partial charge is 0.232 e. The first kappa shape index (κ1) is 23.2. The molecule has 172 valence electrons. The molecule has 1 aliphatic rings. The van der Waals surface area contributed by atoms with E-state index in [1.807, 2.05) is 43.3 Å². The fourth-order valence-electron chi connectivity index (χ4n) is 3.72. The highest BCUT2D eigenvalue weighted by Gasteiger charge is 2.20. The molecule has 2 aromatic carbocycles. The highest BCUT2D eigenvalue weighted by molar-refractivity contribution is 6.42. The SMILES string of the molecule is CC(=O)Nc1cccc(Nc2ncnc(N3CCN(Cc4ccc(Cl)c(Cl)c4)CC3)n2)c1C. The number of halogens is 2. The van der Waals surface area contributed by atoms with Gasteiger partial charge in [0.2, 0.25) is 17.8 Å². The number of hydrogen-bond donors (Lipinski definition) is 2. The second-order valence-electron chi connectivity index (χ2n) is 7.91. The van der Waals surface area contributed by atoms with E-state index in [9.17, 15) is 4.79 Å². The number of carbonyl (C=O) groups is 1. The molecule has 0 aliphatic carbocycles. The van der Waals surface area contributed by atoms with Gasteiger partial charge in [0.1, 0.15) is 6.33 Å². The zero-order valence-corrected chi connectivity index (χ0v) is 20.0. The molecule has 2 heterocycles. The Balaban J connectivity index is 1.39. The number of hydrogen-bond acceptors (Lipinski definition) is 7. The van der Waals surface area contributed by atoms with Gasteiger partial charge in [0.05, 0.1) is 10.0 Å². The highest BCUT2D eigenvalue weighted by Crippen LogP contribution is 2.26. The first-order chi connectivity index (χ1) is 15.9. The number of rotatable bonds is 6. The summed E-state index contributed by atoms with van der Waals surface area (Å²) in [6.07, 6.45) is 1.51. The van der Waals surface area contributed by atoms with Crippen LogP contribution in [0.15, 0.2) is 42.7 Å². The minimum Gasteiger partial charge on any atom is -0.338 e. The summed E-state index contributed by atoms with van der Waals surface area (Å²) in [6, 6.07) is 11.4. The van der Waals surface area contributed by atoms with Crippen molar-refractivity contribution in [3.05, 3.63) is 63.9 Å². The first-order valence-electron chi connectivity index (χ1n) is 10.6. The van der Waals surface area contributed by atoms with E-state index in [-0.39, 0.29) is 5.91 Å². The number of nitrogens with zero attached hydrogens (tertiary/aromatic N) is 5. The Labute approximate surface area is 203 Å². The molecule has 1 aliphatic heterocycles. The van der Waals surface area contributed by atoms with Gasteiger partial charge in [0.15, 0.2) is 0 Å². The number of aromatic nitrogens is 3. The molecule has 0 bridgehead atoms. The summed E-state index contributed by atoms with van der Waals surface area (Å²) in [6.45, 7) is 7.62. The van der Waals surface area contributed by atoms with Gasteiger partial charge >= 0.3 is 0 Å². The second kappa shape index (κ2) is 10.3. The van der Waals surface area contributed by atoms with Gasteiger partial charge in [-0.25, -0.2) is 9.97 Å². The molecule has 2 N–H and O–H groups in total. The summed E-state index contributed by atoms with van der Waals surface area (Å²) in [4.78, 5) is 29.2. The molecule has 0 spiro atoms. The number of carbonyl (C=O) groups excluding carboxylic acids is 1. The Morgan fingerprint density at radius 3 is 2.52 bits per heavy atom. The molecule has 1 amide bonds. The quantitative estimate of drug-likeness (QED) is 0.530. The highest BCUT2D eigenvalue weighted by atomic mass is 35.5. The molecule has 8 nitrogen and oxygen atoms in total. The monoisotopic (exact) mass is 485 g/mol. The molecular weight excluding hydrogens is 461 g/mol. The van der Waals surface area contributed by atoms with Gasteiger partial charge in [-0.3, -0.25) is 9.69 Å². The van der Waals surface area contributed by atoms with E-state index in [0.29, 0.717) is 21.9 Å². The van der Waals surface area contributed by atoms with Crippen molar-refractivity contribution in [1.29, 1.82) is 0 Å². The van der Waals surface area contributed by atoms with E-state index >= 15 is 0 Å². The molecule has 0 unspecified atom stereocenters. The maximum atomic E-state index is 11.4. The molecule has 1 fully saturated rings. The average Bonchev–Trinajstić information content (AvgIpc) is 2.79. The summed E-state index contributed by atoms with van der Waals surface area (Å²) in [5.74, 6) is 0.981. The molecule has 4 rings (SSSR count). The third-order valence-corrected chi connectivity index (χ3v) is 6.23. The Morgan fingerprint density at radius 1 is 1.03 bits per heavy atom. The van der Waals surface area contributed by atoms with Crippen LogP contribution in [0.5, 0.6) is 0 Å². The molecule has 1 aromatic heterocycles. The van der Waals surface area contributed by atoms with Gasteiger partial charge in [-0.05, 0) is 42.3 Å². The van der Waals surface area contributed by atoms with Crippen LogP contribution >= 0.6 is 23.2 Å². The lowest BCUT2D eigenvalue weighted by molar-refractivity contribution is -0.114. The maximum absolute atomic E-state index is 11.4. The lowest BCUT2D eigenvalue weighted by atomic mass is 10.1. The Kier molecular flexibility index (Phi) is 7.27. The van der Waals surface area contributed by atoms with Crippen LogP contribution in [0.1, 0.15) is 18.1 Å². The molecule has 0 radical (unpaired) electrons. The number of nitrogens with one attached hydrogen (secondary N) is 2. The third kappa shape index (κ3) is 5.90. The van der Waals surface area contributed by atoms with Crippen LogP contribution in [0.3, 0.4) is 0 Å². The van der Waals surface area contributed by atoms with Crippen LogP contribution in [0.25, 0.3) is 0 Å². The summed E-state index contributed by atoms with van der Waals surface area (Å²) in [7, 11) is 0. The van der Waals surface area contributed by atoms with Crippen molar-refractivity contribution in [1.82, 2.24) is 19.9 Å². The number of piperazine rings is 1. The molecule has 10 heteroatoms. The van der Waals surface area contributed by atoms with Crippen molar-refractivity contribution in [3.8, 4) is 0 Å². The van der Waals surface area contributed by atoms with Gasteiger partial charge in [0, 0.05) is 51.0 Å². The van der Waals surface area contributed by atoms with E-state index in [1.54, 1.807) is 0 Å². The normalized spacial score (nSPS) is 14.2. The Hall–Kier alpha value is -2.94. The van der Waals surface area contributed by atoms with E-state index in [4.69, 9.17) is 23.2 Å². The molecule has 0 atom stereocenters. The van der Waals surface area contributed by atoms with Crippen molar-refractivity contribution < 1.29 is 4.79 Å². The van der Waals surface area contributed by atoms with Crippen LogP contribution < -0.4 is 15.5 Å². The van der Waals surface area contributed by atoms with E-state index in [2.05, 4.69) is 35.4 Å². The fraction of sp³-hybridized carbons (Fsp3) is 0.304. The number of benzene rings is 2. The summed E-state index contributed by atoms with van der Waals surface area (Å²) in [5, 5.41) is 7.22. The summed E-state index contributed by atoms with van der Waals surface area (Å²) >= 11 is 12.2. The topological polar surface area (TPSA) is 86.3 Å². The van der Waals surface area contributed by atoms with Crippen molar-refractivity contribution in [2.45, 2.75) is 20.4 Å². The van der Waals surface area contributed by atoms with Gasteiger partial charge in [0.25, 0.3) is 0 Å². The molecule has 0 saturated carbocycles.